The van der Waals surface area contributed by atoms with Gasteiger partial charge in [-0.25, -0.2) is 4.79 Å². The molecule has 2 aliphatic rings. The highest BCUT2D eigenvalue weighted by atomic mass is 16.7. The zero-order chi connectivity index (χ0) is 20.8. The second-order valence-corrected chi connectivity index (χ2v) is 7.51. The second-order valence-electron chi connectivity index (χ2n) is 7.51. The molecule has 0 radical (unpaired) electrons. The van der Waals surface area contributed by atoms with Crippen molar-refractivity contribution in [3.05, 3.63) is 11.3 Å². The van der Waals surface area contributed by atoms with Gasteiger partial charge in [-0.3, -0.25) is 4.68 Å². The molecule has 0 spiro atoms. The number of carbonyl (C=O) groups excluding carboxylic acids is 1. The molecular weight excluding hydrogens is 380 g/mol. The molecule has 164 valence electrons. The van der Waals surface area contributed by atoms with E-state index >= 15 is 0 Å². The lowest BCUT2D eigenvalue weighted by Gasteiger charge is -2.32. The minimum absolute atomic E-state index is 0.00442. The Hall–Kier alpha value is -1.84. The first-order valence-corrected chi connectivity index (χ1v) is 10.5. The van der Waals surface area contributed by atoms with Crippen molar-refractivity contribution in [3.63, 3.8) is 0 Å². The summed E-state index contributed by atoms with van der Waals surface area (Å²) in [6.45, 7) is 7.51. The van der Waals surface area contributed by atoms with E-state index in [1.165, 1.54) is 0 Å². The standard InChI is InChI=1S/C20H32N2O7/c1-4-6-17-13(3)22(14-7-8-25-11-14)21-19(17)29-18-10-15(23)9-16(28-18)12-27-20(24)26-5-2/h14-16,18,23H,4-12H2,1-3H3. The Labute approximate surface area is 171 Å². The van der Waals surface area contributed by atoms with Crippen LogP contribution in [0.15, 0.2) is 0 Å². The zero-order valence-electron chi connectivity index (χ0n) is 17.5. The van der Waals surface area contributed by atoms with E-state index in [0.29, 0.717) is 25.3 Å². The number of ether oxygens (including phenoxy) is 5. The van der Waals surface area contributed by atoms with Crippen molar-refractivity contribution in [2.45, 2.75) is 77.4 Å². The maximum absolute atomic E-state index is 11.4. The Balaban J connectivity index is 1.67. The summed E-state index contributed by atoms with van der Waals surface area (Å²) in [5, 5.41) is 14.9. The van der Waals surface area contributed by atoms with E-state index < -0.39 is 24.7 Å². The van der Waals surface area contributed by atoms with Crippen molar-refractivity contribution in [1.82, 2.24) is 9.78 Å². The third-order valence-electron chi connectivity index (χ3n) is 5.22. The van der Waals surface area contributed by atoms with Crippen LogP contribution < -0.4 is 4.74 Å². The number of rotatable bonds is 8. The molecule has 3 rings (SSSR count). The summed E-state index contributed by atoms with van der Waals surface area (Å²) in [5.41, 5.74) is 2.14. The van der Waals surface area contributed by atoms with Gasteiger partial charge in [0.1, 0.15) is 6.61 Å². The lowest BCUT2D eigenvalue weighted by Crippen LogP contribution is -2.41. The van der Waals surface area contributed by atoms with Gasteiger partial charge in [0, 0.05) is 30.7 Å². The Kier molecular flexibility index (Phi) is 7.74. The maximum atomic E-state index is 11.4. The van der Waals surface area contributed by atoms with Crippen molar-refractivity contribution < 1.29 is 33.6 Å². The summed E-state index contributed by atoms with van der Waals surface area (Å²) >= 11 is 0. The zero-order valence-corrected chi connectivity index (χ0v) is 17.5. The highest BCUT2D eigenvalue weighted by molar-refractivity contribution is 5.59. The molecule has 1 aromatic heterocycles. The minimum Gasteiger partial charge on any atom is -0.446 e. The summed E-state index contributed by atoms with van der Waals surface area (Å²) in [6, 6.07) is 0.214. The summed E-state index contributed by atoms with van der Waals surface area (Å²) in [5.74, 6) is 0.542. The molecule has 9 heteroatoms. The van der Waals surface area contributed by atoms with Crippen LogP contribution in [0.4, 0.5) is 4.79 Å². The van der Waals surface area contributed by atoms with E-state index in [4.69, 9.17) is 28.8 Å². The van der Waals surface area contributed by atoms with Gasteiger partial charge in [0.05, 0.1) is 31.5 Å². The monoisotopic (exact) mass is 412 g/mol. The molecule has 29 heavy (non-hydrogen) atoms. The molecule has 3 heterocycles. The normalized spacial score (nSPS) is 27.0. The Morgan fingerprint density at radius 1 is 1.31 bits per heavy atom. The average Bonchev–Trinajstić information content (AvgIpc) is 3.30. The van der Waals surface area contributed by atoms with Gasteiger partial charge in [0.25, 0.3) is 0 Å². The van der Waals surface area contributed by atoms with Gasteiger partial charge >= 0.3 is 6.16 Å². The van der Waals surface area contributed by atoms with E-state index in [1.54, 1.807) is 6.92 Å². The van der Waals surface area contributed by atoms with Gasteiger partial charge in [-0.05, 0) is 26.7 Å². The lowest BCUT2D eigenvalue weighted by atomic mass is 10.1. The van der Waals surface area contributed by atoms with E-state index in [9.17, 15) is 9.90 Å². The predicted octanol–water partition coefficient (Wildman–Crippen LogP) is 2.52. The van der Waals surface area contributed by atoms with E-state index in [-0.39, 0.29) is 19.3 Å². The molecule has 9 nitrogen and oxygen atoms in total. The molecule has 2 saturated heterocycles. The molecule has 1 aromatic rings. The van der Waals surface area contributed by atoms with Crippen molar-refractivity contribution in [2.24, 2.45) is 0 Å². The lowest BCUT2D eigenvalue weighted by molar-refractivity contribution is -0.187. The SMILES string of the molecule is CCCc1c(OC2CC(O)CC(COC(=O)OCC)O2)nn(C2CCOC2)c1C. The fourth-order valence-corrected chi connectivity index (χ4v) is 3.81. The molecule has 2 fully saturated rings. The molecule has 0 bridgehead atoms. The van der Waals surface area contributed by atoms with Crippen LogP contribution in [0.1, 0.15) is 56.8 Å². The van der Waals surface area contributed by atoms with Gasteiger partial charge in [0.15, 0.2) is 0 Å². The summed E-state index contributed by atoms with van der Waals surface area (Å²) in [4.78, 5) is 11.4. The summed E-state index contributed by atoms with van der Waals surface area (Å²) < 4.78 is 29.3. The van der Waals surface area contributed by atoms with Crippen LogP contribution in [0.3, 0.4) is 0 Å². The van der Waals surface area contributed by atoms with Crippen molar-refractivity contribution in [3.8, 4) is 5.88 Å². The average molecular weight is 412 g/mol. The minimum atomic E-state index is -0.744. The molecule has 0 aromatic carbocycles. The van der Waals surface area contributed by atoms with E-state index in [2.05, 4.69) is 13.8 Å². The van der Waals surface area contributed by atoms with Gasteiger partial charge in [-0.15, -0.1) is 5.10 Å². The number of aliphatic hydroxyl groups excluding tert-OH is 1. The quantitative estimate of drug-likeness (QED) is 0.650. The van der Waals surface area contributed by atoms with Crippen LogP contribution in [0.2, 0.25) is 0 Å². The second kappa shape index (κ2) is 10.3. The molecule has 1 N–H and O–H groups in total. The number of carbonyl (C=O) groups is 1. The van der Waals surface area contributed by atoms with Crippen molar-refractivity contribution >= 4 is 6.16 Å². The van der Waals surface area contributed by atoms with Gasteiger partial charge < -0.3 is 28.8 Å². The maximum Gasteiger partial charge on any atom is 0.508 e. The van der Waals surface area contributed by atoms with E-state index in [0.717, 1.165) is 37.1 Å². The van der Waals surface area contributed by atoms with Gasteiger partial charge in [-0.2, -0.15) is 0 Å². The van der Waals surface area contributed by atoms with Gasteiger partial charge in [-0.1, -0.05) is 13.3 Å². The number of hydrogen-bond acceptors (Lipinski definition) is 8. The van der Waals surface area contributed by atoms with Crippen molar-refractivity contribution in [2.75, 3.05) is 26.4 Å². The van der Waals surface area contributed by atoms with Crippen LogP contribution in [-0.4, -0.2) is 66.0 Å². The summed E-state index contributed by atoms with van der Waals surface area (Å²) in [6.07, 6.45) is 0.973. The highest BCUT2D eigenvalue weighted by Crippen LogP contribution is 2.31. The topological polar surface area (TPSA) is 101 Å². The fourth-order valence-electron chi connectivity index (χ4n) is 3.81. The van der Waals surface area contributed by atoms with Crippen LogP contribution in [0.5, 0.6) is 5.88 Å². The number of aromatic nitrogens is 2. The smallest absolute Gasteiger partial charge is 0.446 e. The Bertz CT molecular complexity index is 672. The molecule has 4 atom stereocenters. The number of hydrogen-bond donors (Lipinski definition) is 1. The Morgan fingerprint density at radius 2 is 2.14 bits per heavy atom. The highest BCUT2D eigenvalue weighted by Gasteiger charge is 2.33. The fraction of sp³-hybridized carbons (Fsp3) is 0.800. The van der Waals surface area contributed by atoms with Gasteiger partial charge in [0.2, 0.25) is 12.2 Å². The summed E-state index contributed by atoms with van der Waals surface area (Å²) in [7, 11) is 0. The first kappa shape index (κ1) is 21.9. The number of nitrogens with zero attached hydrogens (tertiary/aromatic N) is 2. The molecule has 2 aliphatic heterocycles. The third kappa shape index (κ3) is 5.61. The van der Waals surface area contributed by atoms with Crippen LogP contribution in [-0.2, 0) is 25.4 Å². The molecule has 4 unspecified atom stereocenters. The van der Waals surface area contributed by atoms with E-state index in [1.807, 2.05) is 4.68 Å². The third-order valence-corrected chi connectivity index (χ3v) is 5.22. The predicted molar refractivity (Wildman–Crippen MR) is 103 cm³/mol. The van der Waals surface area contributed by atoms with Crippen molar-refractivity contribution in [1.29, 1.82) is 0 Å². The largest absolute Gasteiger partial charge is 0.508 e. The van der Waals surface area contributed by atoms with Crippen LogP contribution in [0, 0.1) is 6.92 Å². The first-order valence-electron chi connectivity index (χ1n) is 10.5. The molecular formula is C20H32N2O7. The molecule has 0 aliphatic carbocycles. The Morgan fingerprint density at radius 3 is 2.83 bits per heavy atom. The molecule has 0 saturated carbocycles. The number of aliphatic hydroxyl groups is 1. The first-order chi connectivity index (χ1) is 14.0. The molecule has 0 amide bonds. The van der Waals surface area contributed by atoms with Crippen LogP contribution in [0.25, 0.3) is 0 Å². The van der Waals surface area contributed by atoms with Crippen LogP contribution >= 0.6 is 0 Å².